The third-order valence-electron chi connectivity index (χ3n) is 20.5. The van der Waals surface area contributed by atoms with Gasteiger partial charge in [0.05, 0.1) is 153 Å². The van der Waals surface area contributed by atoms with E-state index in [0.29, 0.717) is 196 Å². The predicted molar refractivity (Wildman–Crippen MR) is 477 cm³/mol. The maximum absolute atomic E-state index is 14.1. The molecule has 124 heavy (non-hydrogen) atoms. The molecule has 0 bridgehead atoms. The van der Waals surface area contributed by atoms with E-state index in [0.717, 1.165) is 56.8 Å². The van der Waals surface area contributed by atoms with Gasteiger partial charge in [0.15, 0.2) is 0 Å². The Bertz CT molecular complexity index is 4930. The molecule has 4 aromatic heterocycles. The van der Waals surface area contributed by atoms with Crippen LogP contribution in [0.3, 0.4) is 0 Å². The third-order valence-corrected chi connectivity index (χ3v) is 28.1. The van der Waals surface area contributed by atoms with Crippen molar-refractivity contribution in [3.63, 3.8) is 0 Å². The minimum absolute atomic E-state index is 0.000199. The highest BCUT2D eigenvalue weighted by Gasteiger charge is 2.51. The van der Waals surface area contributed by atoms with Crippen LogP contribution < -0.4 is 52.8 Å². The van der Waals surface area contributed by atoms with E-state index in [1.165, 1.54) is 10.8 Å². The van der Waals surface area contributed by atoms with Crippen molar-refractivity contribution in [2.45, 2.75) is 161 Å². The summed E-state index contributed by atoms with van der Waals surface area (Å²) in [6.45, 7) is 12.7. The molecule has 0 aliphatic carbocycles. The number of carbonyl (C=O) groups is 7. The van der Waals surface area contributed by atoms with E-state index in [-0.39, 0.29) is 114 Å². The summed E-state index contributed by atoms with van der Waals surface area (Å²) in [5, 5.41) is 34.6. The lowest BCUT2D eigenvalue weighted by Crippen LogP contribution is -2.47. The first-order valence-corrected chi connectivity index (χ1v) is 47.5. The number of unbranched alkanes of at least 4 members (excludes halogenated alkanes) is 1. The molecule has 2 saturated heterocycles. The number of carbonyl (C=O) groups excluding carboxylic acids is 7. The van der Waals surface area contributed by atoms with Crippen molar-refractivity contribution in [3.05, 3.63) is 165 Å². The van der Waals surface area contributed by atoms with Crippen LogP contribution in [-0.4, -0.2) is 227 Å². The number of urea groups is 1. The van der Waals surface area contributed by atoms with E-state index in [1.807, 2.05) is 116 Å². The number of hydrogen-bond donors (Lipinski definition) is 8. The zero-order valence-electron chi connectivity index (χ0n) is 69.8. The summed E-state index contributed by atoms with van der Waals surface area (Å²) >= 11 is 1.88. The Labute approximate surface area is 740 Å². The molecule has 0 saturated carbocycles. The number of para-hydroxylation sites is 2. The molecule has 38 heteroatoms. The molecule has 664 valence electrons. The van der Waals surface area contributed by atoms with Crippen molar-refractivity contribution >= 4 is 125 Å². The smallest absolute Gasteiger partial charge is 0.355 e. The number of thioether (sulfide) groups is 1. The minimum atomic E-state index is -1.83. The molecule has 4 aromatic carbocycles. The number of fused-ring (bicyclic) bond motifs is 6. The van der Waals surface area contributed by atoms with Crippen molar-refractivity contribution in [1.82, 2.24) is 66.1 Å². The van der Waals surface area contributed by atoms with Gasteiger partial charge in [0, 0.05) is 99.8 Å². The fourth-order valence-electron chi connectivity index (χ4n) is 14.0. The van der Waals surface area contributed by atoms with Gasteiger partial charge in [-0.25, -0.2) is 19.3 Å². The van der Waals surface area contributed by atoms with Crippen molar-refractivity contribution < 1.29 is 76.2 Å². The Morgan fingerprint density at radius 1 is 0.613 bits per heavy atom. The van der Waals surface area contributed by atoms with Gasteiger partial charge >= 0.3 is 23.9 Å². The number of esters is 3. The summed E-state index contributed by atoms with van der Waals surface area (Å²) in [6, 6.07) is 36.1. The number of amides is 5. The van der Waals surface area contributed by atoms with E-state index in [4.69, 9.17) is 47.6 Å². The summed E-state index contributed by atoms with van der Waals surface area (Å²) in [5.41, 5.74) is 3.54. The Hall–Kier alpha value is -9.61. The number of pyridine rings is 2. The summed E-state index contributed by atoms with van der Waals surface area (Å²) in [7, 11) is 6.32. The number of hydrogen-bond acceptors (Lipinski definition) is 31. The van der Waals surface area contributed by atoms with Crippen LogP contribution in [0.2, 0.25) is 0 Å². The van der Waals surface area contributed by atoms with Gasteiger partial charge in [-0.2, -0.15) is 26.7 Å². The zero-order chi connectivity index (χ0) is 86.7. The summed E-state index contributed by atoms with van der Waals surface area (Å²) < 4.78 is 54.9. The molecule has 8 N–H and O–H groups in total. The van der Waals surface area contributed by atoms with Crippen molar-refractivity contribution in [2.24, 2.45) is 0 Å². The topological polar surface area (TPSA) is 403 Å². The zero-order valence-corrected chi connectivity index (χ0v) is 73.9. The molecule has 33 nitrogen and oxygen atoms in total. The van der Waals surface area contributed by atoms with Gasteiger partial charge < -0.3 is 89.7 Å². The van der Waals surface area contributed by atoms with Crippen molar-refractivity contribution in [3.8, 4) is 17.1 Å². The number of nitrogens with zero attached hydrogens (tertiary/aromatic N) is 8. The van der Waals surface area contributed by atoms with E-state index < -0.39 is 17.5 Å². The second kappa shape index (κ2) is 49.3. The molecule has 0 radical (unpaired) electrons. The molecule has 5 amide bonds. The largest absolute Gasteiger partial charge is 0.457 e. The third kappa shape index (κ3) is 28.7. The fraction of sp³-hybridized carbons (Fsp3) is 0.488. The summed E-state index contributed by atoms with van der Waals surface area (Å²) in [5.74, 6) is 0.360. The quantitative estimate of drug-likeness (QED) is 0.00578. The molecular formula is C86H108N16O17S5. The SMILES string of the molecule is CC[C@@]1(OC(=O)Cc2ccccc2SSC(C)CCC(=O)NCCOCCOCCOCCn2cc(CNc3nc(NCCNC(=O)CCC(C)SSc4ccccc4CC(=O)Oc4ccccc4)nc(NCCOCCOCCOCCNC(=O)CCCC[C@@H]4SC[C@@H]5NC(=O)N[C@@H]54)n3)nn2)C(=O)OCc2c1cc1n(c2=O)Cc2cc3ccccc3nc2-1. The average molecular weight is 1800 g/mol. The first-order valence-electron chi connectivity index (χ1n) is 42.0. The standard InChI is InChI=1S/C86H108N16O17S5/c1-4-86(66-51-69-78-62(48-59-16-8-11-21-67(59)93-78)53-102(69)80(108)65(66)55-117-81(86)109)119-77(107)50-61-18-10-13-23-71(61)124-122-58(3)27-29-75(105)89-33-37-112-41-45-116-47-43-114-39-35-101-54-63(99-100-101)52-92-84-97-82(90-31-30-87-74(104)28-26-57(2)121-123-70-22-12-9-17-60(70)49-76(106)118-64-19-6-5-7-20-64)96-83(98-84)91-34-38-113-42-46-115-44-40-111-36-32-88-73(103)25-15-14-24-72-79-68(56-120-72)94-85(110)95-79/h5-13,16-23,48,51,54,57-58,68,72,79H,4,14-15,24-47,49-50,52-53,55-56H2,1-3H3,(H,87,104)(H,88,103)(H,89,105)(H2,94,95,110)(H3,90,91,92,96,97,98)/t57?,58?,68-,72-,79-,86-/m0/s1. The van der Waals surface area contributed by atoms with Crippen LogP contribution >= 0.6 is 54.9 Å². The van der Waals surface area contributed by atoms with Crippen LogP contribution in [-0.2, 0) is 111 Å². The van der Waals surface area contributed by atoms with Gasteiger partial charge in [0.1, 0.15) is 18.1 Å². The Balaban J connectivity index is 0.496. The van der Waals surface area contributed by atoms with Crippen LogP contribution in [0.5, 0.6) is 5.75 Å². The molecule has 0 spiro atoms. The lowest BCUT2D eigenvalue weighted by atomic mass is 9.85. The first-order chi connectivity index (χ1) is 60.5. The normalized spacial score (nSPS) is 16.5. The Kier molecular flexibility index (Phi) is 37.2. The number of benzene rings is 4. The van der Waals surface area contributed by atoms with Gasteiger partial charge in [-0.05, 0) is 85.7 Å². The second-order valence-electron chi connectivity index (χ2n) is 29.7. The molecule has 2 fully saturated rings. The highest BCUT2D eigenvalue weighted by molar-refractivity contribution is 8.77. The van der Waals surface area contributed by atoms with Gasteiger partial charge in [-0.15, -0.1) is 5.10 Å². The van der Waals surface area contributed by atoms with Gasteiger partial charge in [0.25, 0.3) is 5.56 Å². The van der Waals surface area contributed by atoms with Crippen LogP contribution in [0, 0.1) is 0 Å². The predicted octanol–water partition coefficient (Wildman–Crippen LogP) is 9.63. The highest BCUT2D eigenvalue weighted by atomic mass is 33.1. The number of rotatable bonds is 56. The Morgan fingerprint density at radius 3 is 1.85 bits per heavy atom. The minimum Gasteiger partial charge on any atom is -0.457 e. The lowest BCUT2D eigenvalue weighted by Gasteiger charge is -2.35. The van der Waals surface area contributed by atoms with Gasteiger partial charge in [-0.1, -0.05) is 148 Å². The van der Waals surface area contributed by atoms with E-state index >= 15 is 0 Å². The monoisotopic (exact) mass is 1800 g/mol. The number of cyclic esters (lactones) is 1. The van der Waals surface area contributed by atoms with Crippen LogP contribution in [0.25, 0.3) is 22.3 Å². The number of aromatic nitrogens is 8. The molecule has 8 heterocycles. The molecular weight excluding hydrogens is 1690 g/mol. The van der Waals surface area contributed by atoms with Gasteiger partial charge in [0.2, 0.25) is 41.2 Å². The molecule has 6 atom stereocenters. The van der Waals surface area contributed by atoms with Crippen LogP contribution in [0.1, 0.15) is 112 Å². The Morgan fingerprint density at radius 2 is 1.19 bits per heavy atom. The fourth-order valence-corrected chi connectivity index (χ4v) is 20.4. The number of ether oxygens (including phenoxy) is 9. The average Bonchev–Trinajstić information content (AvgIpc) is 1.49. The first kappa shape index (κ1) is 93.5. The van der Waals surface area contributed by atoms with Crippen LogP contribution in [0.15, 0.2) is 136 Å². The second-order valence-corrected chi connectivity index (χ2v) is 36.4. The van der Waals surface area contributed by atoms with E-state index in [1.54, 1.807) is 73.0 Å². The highest BCUT2D eigenvalue weighted by Crippen LogP contribution is 2.44. The van der Waals surface area contributed by atoms with Crippen molar-refractivity contribution in [2.75, 3.05) is 134 Å². The molecule has 12 rings (SSSR count). The molecule has 8 aromatic rings. The summed E-state index contributed by atoms with van der Waals surface area (Å²) in [4.78, 5) is 125. The molecule has 2 unspecified atom stereocenters. The molecule has 4 aliphatic heterocycles. The number of anilines is 3. The van der Waals surface area contributed by atoms with E-state index in [9.17, 15) is 38.4 Å². The van der Waals surface area contributed by atoms with Crippen molar-refractivity contribution in [1.29, 1.82) is 0 Å². The maximum atomic E-state index is 14.1. The van der Waals surface area contributed by atoms with E-state index in [2.05, 4.69) is 74.7 Å². The number of nitrogens with one attached hydrogen (secondary N) is 8. The van der Waals surface area contributed by atoms with Gasteiger partial charge in [-0.3, -0.25) is 28.8 Å². The lowest BCUT2D eigenvalue weighted by molar-refractivity contribution is -0.189. The molecule has 4 aliphatic rings. The summed E-state index contributed by atoms with van der Waals surface area (Å²) in [6.07, 6.45) is 6.90. The van der Waals surface area contributed by atoms with Crippen LogP contribution in [0.4, 0.5) is 22.6 Å². The maximum Gasteiger partial charge on any atom is 0.355 e.